The number of nitrogens with one attached hydrogen (secondary N) is 1. The molecule has 0 unspecified atom stereocenters. The third-order valence-corrected chi connectivity index (χ3v) is 4.88. The van der Waals surface area contributed by atoms with Crippen LogP contribution in [0.2, 0.25) is 0 Å². The number of unbranched alkanes of at least 4 members (excludes halogenated alkanes) is 1. The molecule has 0 bridgehead atoms. The predicted octanol–water partition coefficient (Wildman–Crippen LogP) is 2.88. The molecule has 0 aliphatic heterocycles. The maximum Gasteiger partial charge on any atom is 0.241 e. The second-order valence-electron chi connectivity index (χ2n) is 5.39. The van der Waals surface area contributed by atoms with Crippen LogP contribution in [0.5, 0.6) is 0 Å². The van der Waals surface area contributed by atoms with Crippen LogP contribution in [-0.2, 0) is 10.0 Å². The molecule has 0 aliphatic rings. The van der Waals surface area contributed by atoms with Gasteiger partial charge < -0.3 is 4.90 Å². The quantitative estimate of drug-likeness (QED) is 0.787. The van der Waals surface area contributed by atoms with E-state index in [-0.39, 0.29) is 12.4 Å². The van der Waals surface area contributed by atoms with Crippen LogP contribution in [0, 0.1) is 0 Å². The first-order valence-corrected chi connectivity index (χ1v) is 8.61. The minimum Gasteiger partial charge on any atom is -0.309 e. The van der Waals surface area contributed by atoms with E-state index in [0.29, 0.717) is 11.4 Å². The molecule has 0 heterocycles. The van der Waals surface area contributed by atoms with Crippen molar-refractivity contribution in [1.29, 1.82) is 0 Å². The van der Waals surface area contributed by atoms with Gasteiger partial charge in [0, 0.05) is 11.9 Å². The maximum atomic E-state index is 12.4. The molecule has 1 N–H and O–H groups in total. The number of hydrogen-bond donors (Lipinski definition) is 1. The van der Waals surface area contributed by atoms with Gasteiger partial charge in [-0.25, -0.2) is 13.1 Å². The lowest BCUT2D eigenvalue weighted by Gasteiger charge is -2.11. The smallest absolute Gasteiger partial charge is 0.241 e. The highest BCUT2D eigenvalue weighted by molar-refractivity contribution is 7.89. The number of fused-ring (bicyclic) bond motifs is 1. The first-order valence-electron chi connectivity index (χ1n) is 7.13. The molecule has 0 saturated carbocycles. The summed E-state index contributed by atoms with van der Waals surface area (Å²) in [5.74, 6) is 0. The lowest BCUT2D eigenvalue weighted by atomic mass is 10.1. The van der Waals surface area contributed by atoms with Gasteiger partial charge in [-0.15, -0.1) is 12.4 Å². The van der Waals surface area contributed by atoms with E-state index in [1.165, 1.54) is 0 Å². The van der Waals surface area contributed by atoms with E-state index < -0.39 is 10.0 Å². The van der Waals surface area contributed by atoms with Crippen molar-refractivity contribution in [3.05, 3.63) is 42.5 Å². The molecular weight excluding hydrogens is 320 g/mol. The predicted molar refractivity (Wildman–Crippen MR) is 94.2 cm³/mol. The van der Waals surface area contributed by atoms with E-state index in [1.807, 2.05) is 44.4 Å². The number of sulfonamides is 1. The zero-order valence-electron chi connectivity index (χ0n) is 13.0. The fraction of sp³-hybridized carbons (Fsp3) is 0.375. The van der Waals surface area contributed by atoms with Gasteiger partial charge in [0.25, 0.3) is 0 Å². The van der Waals surface area contributed by atoms with Crippen LogP contribution < -0.4 is 4.72 Å². The molecule has 22 heavy (non-hydrogen) atoms. The van der Waals surface area contributed by atoms with Crippen molar-refractivity contribution in [3.8, 4) is 0 Å². The van der Waals surface area contributed by atoms with Crippen LogP contribution >= 0.6 is 12.4 Å². The van der Waals surface area contributed by atoms with Gasteiger partial charge >= 0.3 is 0 Å². The van der Waals surface area contributed by atoms with E-state index >= 15 is 0 Å². The minimum atomic E-state index is -3.45. The Hall–Kier alpha value is -1.14. The Morgan fingerprint density at radius 3 is 2.41 bits per heavy atom. The van der Waals surface area contributed by atoms with Gasteiger partial charge in [0.15, 0.2) is 0 Å². The zero-order valence-corrected chi connectivity index (χ0v) is 14.6. The topological polar surface area (TPSA) is 49.4 Å². The number of hydrogen-bond acceptors (Lipinski definition) is 3. The number of nitrogens with zero attached hydrogens (tertiary/aromatic N) is 1. The Morgan fingerprint density at radius 2 is 1.68 bits per heavy atom. The molecule has 2 rings (SSSR count). The SMILES string of the molecule is CN(C)CCCCNS(=O)(=O)c1cccc2ccccc12.Cl. The van der Waals surface area contributed by atoms with Crippen LogP contribution in [0.4, 0.5) is 0 Å². The second kappa shape index (κ2) is 8.48. The molecule has 2 aromatic rings. The Labute approximate surface area is 139 Å². The molecule has 0 spiro atoms. The van der Waals surface area contributed by atoms with E-state index in [2.05, 4.69) is 9.62 Å². The molecule has 0 aromatic heterocycles. The highest BCUT2D eigenvalue weighted by Gasteiger charge is 2.16. The molecule has 0 saturated heterocycles. The zero-order chi connectivity index (χ0) is 15.3. The van der Waals surface area contributed by atoms with E-state index in [9.17, 15) is 8.42 Å². The number of rotatable bonds is 7. The van der Waals surface area contributed by atoms with Crippen LogP contribution in [-0.4, -0.2) is 40.5 Å². The second-order valence-corrected chi connectivity index (χ2v) is 7.12. The van der Waals surface area contributed by atoms with E-state index in [4.69, 9.17) is 0 Å². The third-order valence-electron chi connectivity index (χ3n) is 3.36. The molecule has 4 nitrogen and oxygen atoms in total. The van der Waals surface area contributed by atoms with Crippen molar-refractivity contribution in [3.63, 3.8) is 0 Å². The average molecular weight is 343 g/mol. The summed E-state index contributed by atoms with van der Waals surface area (Å²) in [4.78, 5) is 2.45. The molecule has 6 heteroatoms. The summed E-state index contributed by atoms with van der Waals surface area (Å²) in [5.41, 5.74) is 0. The molecule has 122 valence electrons. The van der Waals surface area contributed by atoms with E-state index in [1.54, 1.807) is 12.1 Å². The van der Waals surface area contributed by atoms with Crippen molar-refractivity contribution in [2.45, 2.75) is 17.7 Å². The molecule has 0 radical (unpaired) electrons. The molecule has 0 aliphatic carbocycles. The molecule has 0 amide bonds. The van der Waals surface area contributed by atoms with Gasteiger partial charge in [0.1, 0.15) is 0 Å². The Kier molecular flexibility index (Phi) is 7.29. The normalized spacial score (nSPS) is 11.6. The van der Waals surface area contributed by atoms with Crippen molar-refractivity contribution in [1.82, 2.24) is 9.62 Å². The summed E-state index contributed by atoms with van der Waals surface area (Å²) >= 11 is 0. The fourth-order valence-electron chi connectivity index (χ4n) is 2.27. The average Bonchev–Trinajstić information content (AvgIpc) is 2.46. The third kappa shape index (κ3) is 4.95. The Bertz CT molecular complexity index is 697. The lowest BCUT2D eigenvalue weighted by Crippen LogP contribution is -2.25. The van der Waals surface area contributed by atoms with Gasteiger partial charge in [-0.3, -0.25) is 0 Å². The van der Waals surface area contributed by atoms with Crippen molar-refractivity contribution in [2.75, 3.05) is 27.2 Å². The first-order chi connectivity index (χ1) is 10.0. The van der Waals surface area contributed by atoms with E-state index in [0.717, 1.165) is 30.2 Å². The van der Waals surface area contributed by atoms with Crippen molar-refractivity contribution < 1.29 is 8.42 Å². The highest BCUT2D eigenvalue weighted by Crippen LogP contribution is 2.22. The number of halogens is 1. The standard InChI is InChI=1S/C16H22N2O2S.ClH/c1-18(2)13-6-5-12-17-21(19,20)16-11-7-9-14-8-3-4-10-15(14)16;/h3-4,7-11,17H,5-6,12-13H2,1-2H3;1H. The summed E-state index contributed by atoms with van der Waals surface area (Å²) in [6.45, 7) is 1.44. The van der Waals surface area contributed by atoms with Crippen LogP contribution in [0.25, 0.3) is 10.8 Å². The maximum absolute atomic E-state index is 12.4. The summed E-state index contributed by atoms with van der Waals surface area (Å²) in [7, 11) is 0.577. The van der Waals surface area contributed by atoms with Crippen LogP contribution in [0.15, 0.2) is 47.4 Å². The van der Waals surface area contributed by atoms with Gasteiger partial charge in [-0.05, 0) is 44.9 Å². The largest absolute Gasteiger partial charge is 0.309 e. The minimum absolute atomic E-state index is 0. The van der Waals surface area contributed by atoms with Crippen molar-refractivity contribution >= 4 is 33.2 Å². The Balaban J connectivity index is 0.00000242. The molecule has 2 aromatic carbocycles. The van der Waals surface area contributed by atoms with Gasteiger partial charge in [-0.2, -0.15) is 0 Å². The van der Waals surface area contributed by atoms with Crippen LogP contribution in [0.1, 0.15) is 12.8 Å². The highest BCUT2D eigenvalue weighted by atomic mass is 35.5. The van der Waals surface area contributed by atoms with Crippen LogP contribution in [0.3, 0.4) is 0 Å². The number of benzene rings is 2. The summed E-state index contributed by atoms with van der Waals surface area (Å²) in [6.07, 6.45) is 1.81. The summed E-state index contributed by atoms with van der Waals surface area (Å²) in [5, 5.41) is 1.70. The molecule has 0 atom stereocenters. The summed E-state index contributed by atoms with van der Waals surface area (Å²) < 4.78 is 27.5. The molecular formula is C16H23ClN2O2S. The van der Waals surface area contributed by atoms with Gasteiger partial charge in [0.2, 0.25) is 10.0 Å². The first kappa shape index (κ1) is 18.9. The summed E-state index contributed by atoms with van der Waals surface area (Å²) in [6, 6.07) is 12.9. The Morgan fingerprint density at radius 1 is 1.00 bits per heavy atom. The fourth-order valence-corrected chi connectivity index (χ4v) is 3.57. The van der Waals surface area contributed by atoms with Gasteiger partial charge in [-0.1, -0.05) is 36.4 Å². The molecule has 0 fully saturated rings. The van der Waals surface area contributed by atoms with Gasteiger partial charge in [0.05, 0.1) is 4.90 Å². The lowest BCUT2D eigenvalue weighted by molar-refractivity contribution is 0.394. The monoisotopic (exact) mass is 342 g/mol. The van der Waals surface area contributed by atoms with Crippen molar-refractivity contribution in [2.24, 2.45) is 0 Å².